The molecule has 0 unspecified atom stereocenters. The Balaban J connectivity index is 2.04. The second-order valence-electron chi connectivity index (χ2n) is 2.78. The topological polar surface area (TPSA) is 17.8 Å². The largest absolute Gasteiger partial charge is 0.328 e. The maximum atomic E-state index is 3.86. The zero-order valence-corrected chi connectivity index (χ0v) is 7.08. The Labute approximate surface area is 68.3 Å². The van der Waals surface area contributed by atoms with Gasteiger partial charge in [0.05, 0.1) is 0 Å². The minimum absolute atomic E-state index is 1.07. The van der Waals surface area contributed by atoms with Gasteiger partial charge in [0.2, 0.25) is 0 Å². The van der Waals surface area contributed by atoms with Crippen LogP contribution < -0.4 is 0 Å². The molecule has 0 spiro atoms. The van der Waals surface area contributed by atoms with Crippen LogP contribution in [0.4, 0.5) is 0 Å². The minimum atomic E-state index is 1.07. The Morgan fingerprint density at radius 1 is 1.36 bits per heavy atom. The molecule has 0 N–H and O–H groups in total. The average molecular weight is 151 g/mol. The molecule has 11 heavy (non-hydrogen) atoms. The summed E-state index contributed by atoms with van der Waals surface area (Å²) in [7, 11) is 0. The number of hydrogen-bond acceptors (Lipinski definition) is 1. The monoisotopic (exact) mass is 151 g/mol. The highest BCUT2D eigenvalue weighted by atomic mass is 15.0. The van der Waals surface area contributed by atoms with E-state index >= 15 is 0 Å². The van der Waals surface area contributed by atoms with Gasteiger partial charge < -0.3 is 4.57 Å². The van der Waals surface area contributed by atoms with Gasteiger partial charge in [0.1, 0.15) is 0 Å². The van der Waals surface area contributed by atoms with Crippen LogP contribution in [0.1, 0.15) is 32.6 Å². The number of aryl methyl sites for hydroxylation is 1. The molecule has 1 heterocycles. The molecule has 1 aromatic rings. The van der Waals surface area contributed by atoms with Crippen molar-refractivity contribution < 1.29 is 0 Å². The normalized spacial score (nSPS) is 10.3. The minimum Gasteiger partial charge on any atom is -0.328 e. The molecule has 1 aromatic heterocycles. The van der Waals surface area contributed by atoms with E-state index in [1.807, 2.05) is 10.8 Å². The fraction of sp³-hybridized carbons (Fsp3) is 0.667. The van der Waals surface area contributed by atoms with Crippen molar-refractivity contribution in [1.82, 2.24) is 9.55 Å². The number of aromatic nitrogens is 2. The van der Waals surface area contributed by atoms with E-state index in [0.717, 1.165) is 6.54 Å². The lowest BCUT2D eigenvalue weighted by Crippen LogP contribution is -1.94. The highest BCUT2D eigenvalue weighted by Crippen LogP contribution is 2.00. The zero-order valence-electron chi connectivity index (χ0n) is 7.08. The van der Waals surface area contributed by atoms with Crippen LogP contribution in [0.15, 0.2) is 12.4 Å². The highest BCUT2D eigenvalue weighted by Gasteiger charge is 1.89. The number of nitrogens with zero attached hydrogens (tertiary/aromatic N) is 2. The van der Waals surface area contributed by atoms with Crippen molar-refractivity contribution in [2.75, 3.05) is 0 Å². The lowest BCUT2D eigenvalue weighted by Gasteiger charge is -1.99. The first-order valence-corrected chi connectivity index (χ1v) is 4.32. The summed E-state index contributed by atoms with van der Waals surface area (Å²) in [5.41, 5.74) is 0. The van der Waals surface area contributed by atoms with Gasteiger partial charge in [0.25, 0.3) is 0 Å². The van der Waals surface area contributed by atoms with E-state index in [4.69, 9.17) is 0 Å². The van der Waals surface area contributed by atoms with Gasteiger partial charge in [0, 0.05) is 18.9 Å². The molecule has 1 rings (SSSR count). The van der Waals surface area contributed by atoms with Crippen LogP contribution in [0.2, 0.25) is 0 Å². The predicted octanol–water partition coefficient (Wildman–Crippen LogP) is 2.26. The van der Waals surface area contributed by atoms with Gasteiger partial charge in [-0.3, -0.25) is 0 Å². The third-order valence-corrected chi connectivity index (χ3v) is 1.76. The summed E-state index contributed by atoms with van der Waals surface area (Å²) in [6, 6.07) is 0. The van der Waals surface area contributed by atoms with E-state index < -0.39 is 0 Å². The molecule has 2 nitrogen and oxygen atoms in total. The number of hydrogen-bond donors (Lipinski definition) is 0. The molecule has 0 atom stereocenters. The van der Waals surface area contributed by atoms with E-state index in [0.29, 0.717) is 0 Å². The first-order valence-electron chi connectivity index (χ1n) is 4.32. The van der Waals surface area contributed by atoms with Crippen LogP contribution in [0.25, 0.3) is 0 Å². The summed E-state index contributed by atoms with van der Waals surface area (Å²) in [5, 5.41) is 0. The Morgan fingerprint density at radius 2 is 2.27 bits per heavy atom. The first-order chi connectivity index (χ1) is 5.43. The van der Waals surface area contributed by atoms with Gasteiger partial charge in [-0.15, -0.1) is 0 Å². The molecule has 0 aromatic carbocycles. The maximum absolute atomic E-state index is 3.86. The first kappa shape index (κ1) is 8.31. The van der Waals surface area contributed by atoms with Crippen LogP contribution in [-0.2, 0) is 6.54 Å². The lowest BCUT2D eigenvalue weighted by atomic mass is 10.2. The van der Waals surface area contributed by atoms with Crippen LogP contribution in [0.3, 0.4) is 0 Å². The van der Waals surface area contributed by atoms with E-state index in [2.05, 4.69) is 18.2 Å². The highest BCUT2D eigenvalue weighted by molar-refractivity contribution is 4.71. The van der Waals surface area contributed by atoms with Crippen molar-refractivity contribution in [3.8, 4) is 0 Å². The van der Waals surface area contributed by atoms with E-state index in [-0.39, 0.29) is 0 Å². The molecule has 1 radical (unpaired) electrons. The number of rotatable bonds is 5. The summed E-state index contributed by atoms with van der Waals surface area (Å²) in [5.74, 6) is 0. The molecule has 0 saturated carbocycles. The Bertz CT molecular complexity index is 168. The van der Waals surface area contributed by atoms with E-state index in [1.54, 1.807) is 6.20 Å². The van der Waals surface area contributed by atoms with Crippen LogP contribution in [0.5, 0.6) is 0 Å². The summed E-state index contributed by atoms with van der Waals surface area (Å²) in [4.78, 5) is 3.86. The Morgan fingerprint density at radius 3 is 2.91 bits per heavy atom. The van der Waals surface area contributed by atoms with Gasteiger partial charge in [0.15, 0.2) is 6.33 Å². The molecule has 0 aliphatic rings. The van der Waals surface area contributed by atoms with Crippen LogP contribution in [0, 0.1) is 6.33 Å². The third kappa shape index (κ3) is 3.21. The second kappa shape index (κ2) is 4.94. The van der Waals surface area contributed by atoms with Crippen molar-refractivity contribution in [1.29, 1.82) is 0 Å². The molecule has 0 aliphatic heterocycles. The molecule has 2 heteroatoms. The molecular formula is C9H15N2. The molecule has 0 bridgehead atoms. The Hall–Kier alpha value is -0.790. The quantitative estimate of drug-likeness (QED) is 0.590. The SMILES string of the molecule is CCCCCCn1[c]ncc1. The van der Waals surface area contributed by atoms with Gasteiger partial charge in [-0.2, -0.15) is 0 Å². The molecule has 0 saturated heterocycles. The van der Waals surface area contributed by atoms with Crippen molar-refractivity contribution in [3.63, 3.8) is 0 Å². The fourth-order valence-corrected chi connectivity index (χ4v) is 1.09. The average Bonchev–Trinajstić information content (AvgIpc) is 2.50. The lowest BCUT2D eigenvalue weighted by molar-refractivity contribution is 0.580. The van der Waals surface area contributed by atoms with Gasteiger partial charge in [-0.25, -0.2) is 4.98 Å². The molecular weight excluding hydrogens is 136 g/mol. The van der Waals surface area contributed by atoms with Gasteiger partial charge in [-0.1, -0.05) is 26.2 Å². The van der Waals surface area contributed by atoms with Gasteiger partial charge >= 0.3 is 0 Å². The van der Waals surface area contributed by atoms with Gasteiger partial charge in [-0.05, 0) is 6.42 Å². The third-order valence-electron chi connectivity index (χ3n) is 1.76. The summed E-state index contributed by atoms with van der Waals surface area (Å²) < 4.78 is 2.01. The van der Waals surface area contributed by atoms with Crippen molar-refractivity contribution in [2.24, 2.45) is 0 Å². The standard InChI is InChI=1S/C9H15N2/c1-2-3-4-5-7-11-8-6-10-9-11/h6,8H,2-5,7H2,1H3. The van der Waals surface area contributed by atoms with E-state index in [9.17, 15) is 0 Å². The van der Waals surface area contributed by atoms with Crippen LogP contribution >= 0.6 is 0 Å². The fourth-order valence-electron chi connectivity index (χ4n) is 1.09. The summed E-state index contributed by atoms with van der Waals surface area (Å²) in [6.45, 7) is 3.29. The molecule has 0 fully saturated rings. The van der Waals surface area contributed by atoms with Crippen molar-refractivity contribution in [3.05, 3.63) is 18.7 Å². The summed E-state index contributed by atoms with van der Waals surface area (Å²) in [6.07, 6.45) is 11.8. The number of imidazole rings is 1. The van der Waals surface area contributed by atoms with Crippen LogP contribution in [-0.4, -0.2) is 9.55 Å². The van der Waals surface area contributed by atoms with Crippen molar-refractivity contribution >= 4 is 0 Å². The predicted molar refractivity (Wildman–Crippen MR) is 45.2 cm³/mol. The number of unbranched alkanes of at least 4 members (excludes halogenated alkanes) is 3. The van der Waals surface area contributed by atoms with Crippen molar-refractivity contribution in [2.45, 2.75) is 39.2 Å². The zero-order chi connectivity index (χ0) is 7.94. The molecule has 0 amide bonds. The maximum Gasteiger partial charge on any atom is 0.176 e. The molecule has 61 valence electrons. The molecule has 0 aliphatic carbocycles. The smallest absolute Gasteiger partial charge is 0.176 e. The van der Waals surface area contributed by atoms with E-state index in [1.165, 1.54) is 25.7 Å². The summed E-state index contributed by atoms with van der Waals surface area (Å²) >= 11 is 0. The Kier molecular flexibility index (Phi) is 3.73. The second-order valence-corrected chi connectivity index (χ2v) is 2.78.